The van der Waals surface area contributed by atoms with Gasteiger partial charge in [-0.05, 0) is 18.4 Å². The minimum atomic E-state index is -4.78. The lowest BCUT2D eigenvalue weighted by molar-refractivity contribution is -0.155. The molecule has 158 valence electrons. The third-order valence-electron chi connectivity index (χ3n) is 3.35. The van der Waals surface area contributed by atoms with Gasteiger partial charge < -0.3 is 10.1 Å². The molecule has 0 aliphatic rings. The summed E-state index contributed by atoms with van der Waals surface area (Å²) in [5.74, 6) is -4.03. The number of alkyl halides is 3. The highest BCUT2D eigenvalue weighted by Crippen LogP contribution is 2.21. The summed E-state index contributed by atoms with van der Waals surface area (Å²) in [6, 6.07) is 0.982. The third-order valence-corrected chi connectivity index (χ3v) is 4.67. The van der Waals surface area contributed by atoms with E-state index >= 15 is 0 Å². The van der Waals surface area contributed by atoms with Crippen LogP contribution in [-0.2, 0) is 19.6 Å². The first-order chi connectivity index (χ1) is 12.7. The fraction of sp³-hybridized carbons (Fsp3) is 0.500. The SMILES string of the molecule is COc1cc(F)cc(S(=O)(=O)NC(=O)[C@H](CC(C)C)NC(=O)CC(F)(F)F)c1. The second kappa shape index (κ2) is 9.22. The van der Waals surface area contributed by atoms with E-state index in [1.165, 1.54) is 7.11 Å². The molecule has 0 heterocycles. The molecule has 0 aliphatic carbocycles. The zero-order valence-corrected chi connectivity index (χ0v) is 16.1. The quantitative estimate of drug-likeness (QED) is 0.618. The average molecular weight is 428 g/mol. The van der Waals surface area contributed by atoms with E-state index < -0.39 is 51.2 Å². The summed E-state index contributed by atoms with van der Waals surface area (Å²) >= 11 is 0. The van der Waals surface area contributed by atoms with Gasteiger partial charge in [-0.15, -0.1) is 0 Å². The number of hydrogen-bond donors (Lipinski definition) is 2. The van der Waals surface area contributed by atoms with Crippen LogP contribution in [0.2, 0.25) is 0 Å². The Morgan fingerprint density at radius 3 is 2.29 bits per heavy atom. The Balaban J connectivity index is 3.03. The first kappa shape index (κ1) is 23.7. The molecular weight excluding hydrogens is 408 g/mol. The van der Waals surface area contributed by atoms with Crippen molar-refractivity contribution in [2.24, 2.45) is 5.92 Å². The predicted molar refractivity (Wildman–Crippen MR) is 90.3 cm³/mol. The predicted octanol–water partition coefficient (Wildman–Crippen LogP) is 2.12. The van der Waals surface area contributed by atoms with Crippen molar-refractivity contribution in [1.82, 2.24) is 10.0 Å². The van der Waals surface area contributed by atoms with E-state index in [2.05, 4.69) is 0 Å². The third kappa shape index (κ3) is 7.71. The van der Waals surface area contributed by atoms with Gasteiger partial charge in [-0.25, -0.2) is 17.5 Å². The van der Waals surface area contributed by atoms with Gasteiger partial charge >= 0.3 is 6.18 Å². The summed E-state index contributed by atoms with van der Waals surface area (Å²) in [6.45, 7) is 3.25. The van der Waals surface area contributed by atoms with Gasteiger partial charge in [0.2, 0.25) is 5.91 Å². The van der Waals surface area contributed by atoms with Crippen molar-refractivity contribution in [3.63, 3.8) is 0 Å². The van der Waals surface area contributed by atoms with Crippen LogP contribution >= 0.6 is 0 Å². The summed E-state index contributed by atoms with van der Waals surface area (Å²) in [6.07, 6.45) is -6.72. The van der Waals surface area contributed by atoms with Crippen molar-refractivity contribution < 1.29 is 40.3 Å². The van der Waals surface area contributed by atoms with Crippen LogP contribution in [0, 0.1) is 11.7 Å². The van der Waals surface area contributed by atoms with Crippen LogP contribution in [0.5, 0.6) is 5.75 Å². The van der Waals surface area contributed by atoms with E-state index in [4.69, 9.17) is 4.74 Å². The maximum Gasteiger partial charge on any atom is 0.397 e. The lowest BCUT2D eigenvalue weighted by Crippen LogP contribution is -2.49. The molecule has 0 unspecified atom stereocenters. The van der Waals surface area contributed by atoms with E-state index in [0.717, 1.165) is 12.1 Å². The summed E-state index contributed by atoms with van der Waals surface area (Å²) in [5, 5.41) is 1.88. The molecule has 0 fully saturated rings. The Morgan fingerprint density at radius 1 is 1.18 bits per heavy atom. The zero-order chi connectivity index (χ0) is 21.7. The van der Waals surface area contributed by atoms with Gasteiger partial charge in [0.15, 0.2) is 0 Å². The number of carbonyl (C=O) groups excluding carboxylic acids is 2. The Morgan fingerprint density at radius 2 is 1.79 bits per heavy atom. The number of halogens is 4. The van der Waals surface area contributed by atoms with Crippen LogP contribution in [0.3, 0.4) is 0 Å². The second-order valence-electron chi connectivity index (χ2n) is 6.34. The maximum absolute atomic E-state index is 13.5. The van der Waals surface area contributed by atoms with Gasteiger partial charge in [-0.3, -0.25) is 9.59 Å². The molecule has 12 heteroatoms. The fourth-order valence-corrected chi connectivity index (χ4v) is 3.27. The van der Waals surface area contributed by atoms with E-state index in [9.17, 15) is 35.6 Å². The molecule has 0 saturated carbocycles. The largest absolute Gasteiger partial charge is 0.497 e. The number of amides is 2. The molecule has 0 saturated heterocycles. The number of hydrogen-bond acceptors (Lipinski definition) is 5. The van der Waals surface area contributed by atoms with Crippen LogP contribution in [-0.4, -0.2) is 39.6 Å². The first-order valence-electron chi connectivity index (χ1n) is 8.01. The summed E-state index contributed by atoms with van der Waals surface area (Å²) in [5.41, 5.74) is 0. The molecule has 0 bridgehead atoms. The van der Waals surface area contributed by atoms with Crippen LogP contribution in [0.1, 0.15) is 26.7 Å². The molecular formula is C16H20F4N2O5S. The number of sulfonamides is 1. The first-order valence-corrected chi connectivity index (χ1v) is 9.49. The Labute approximate surface area is 159 Å². The number of ether oxygens (including phenoxy) is 1. The molecule has 0 spiro atoms. The summed E-state index contributed by atoms with van der Waals surface area (Å²) in [4.78, 5) is 23.2. The lowest BCUT2D eigenvalue weighted by atomic mass is 10.0. The van der Waals surface area contributed by atoms with E-state index in [0.29, 0.717) is 6.07 Å². The molecule has 0 radical (unpaired) electrons. The molecule has 1 aromatic rings. The standard InChI is InChI=1S/C16H20F4N2O5S/c1-9(2)4-13(21-14(23)8-16(18,19)20)15(24)22-28(25,26)12-6-10(17)5-11(7-12)27-3/h5-7,9,13H,4,8H2,1-3H3,(H,21,23)(H,22,24)/t13-/m0/s1. The van der Waals surface area contributed by atoms with Crippen LogP contribution < -0.4 is 14.8 Å². The number of benzene rings is 1. The molecule has 2 amide bonds. The lowest BCUT2D eigenvalue weighted by Gasteiger charge is -2.20. The van der Waals surface area contributed by atoms with Gasteiger partial charge in [0.05, 0.1) is 12.0 Å². The minimum Gasteiger partial charge on any atom is -0.497 e. The van der Waals surface area contributed by atoms with Crippen LogP contribution in [0.25, 0.3) is 0 Å². The number of rotatable bonds is 8. The van der Waals surface area contributed by atoms with Crippen LogP contribution in [0.4, 0.5) is 17.6 Å². The smallest absolute Gasteiger partial charge is 0.397 e. The van der Waals surface area contributed by atoms with Crippen molar-refractivity contribution in [3.05, 3.63) is 24.0 Å². The zero-order valence-electron chi connectivity index (χ0n) is 15.3. The molecule has 2 N–H and O–H groups in total. The van der Waals surface area contributed by atoms with Gasteiger partial charge in [-0.2, -0.15) is 13.2 Å². The van der Waals surface area contributed by atoms with Gasteiger partial charge in [0, 0.05) is 12.1 Å². The van der Waals surface area contributed by atoms with Gasteiger partial charge in [0.25, 0.3) is 15.9 Å². The molecule has 1 atom stereocenters. The van der Waals surface area contributed by atoms with Crippen molar-refractivity contribution in [1.29, 1.82) is 0 Å². The molecule has 1 rings (SSSR count). The Kier molecular flexibility index (Phi) is 7.79. The van der Waals surface area contributed by atoms with E-state index in [1.807, 2.05) is 5.32 Å². The Hall–Kier alpha value is -2.37. The monoisotopic (exact) mass is 428 g/mol. The Bertz CT molecular complexity index is 825. The highest BCUT2D eigenvalue weighted by molar-refractivity contribution is 7.90. The molecule has 0 aromatic heterocycles. The summed E-state index contributed by atoms with van der Waals surface area (Å²) in [7, 11) is -3.38. The van der Waals surface area contributed by atoms with Crippen molar-refractivity contribution >= 4 is 21.8 Å². The van der Waals surface area contributed by atoms with Crippen molar-refractivity contribution in [3.8, 4) is 5.75 Å². The van der Waals surface area contributed by atoms with Crippen molar-refractivity contribution in [2.45, 2.75) is 43.8 Å². The normalized spacial score (nSPS) is 13.1. The van der Waals surface area contributed by atoms with Crippen molar-refractivity contribution in [2.75, 3.05) is 7.11 Å². The summed E-state index contributed by atoms with van der Waals surface area (Å²) < 4.78 is 81.5. The topological polar surface area (TPSA) is 102 Å². The van der Waals surface area contributed by atoms with E-state index in [1.54, 1.807) is 18.6 Å². The number of methoxy groups -OCH3 is 1. The molecule has 28 heavy (non-hydrogen) atoms. The molecule has 0 aliphatic heterocycles. The van der Waals surface area contributed by atoms with Gasteiger partial charge in [-0.1, -0.05) is 13.8 Å². The highest BCUT2D eigenvalue weighted by atomic mass is 32.2. The second-order valence-corrected chi connectivity index (χ2v) is 8.02. The highest BCUT2D eigenvalue weighted by Gasteiger charge is 2.34. The minimum absolute atomic E-state index is 0.114. The molecule has 1 aromatic carbocycles. The number of carbonyl (C=O) groups is 2. The van der Waals surface area contributed by atoms with Crippen LogP contribution in [0.15, 0.2) is 23.1 Å². The van der Waals surface area contributed by atoms with E-state index in [-0.39, 0.29) is 18.1 Å². The molecule has 7 nitrogen and oxygen atoms in total. The fourth-order valence-electron chi connectivity index (χ4n) is 2.20. The maximum atomic E-state index is 13.5. The average Bonchev–Trinajstić information content (AvgIpc) is 2.50. The number of nitrogens with one attached hydrogen (secondary N) is 2. The van der Waals surface area contributed by atoms with Gasteiger partial charge in [0.1, 0.15) is 24.0 Å².